The molecule has 0 aromatic carbocycles. The van der Waals surface area contributed by atoms with Crippen LogP contribution in [0, 0.1) is 0 Å². The summed E-state index contributed by atoms with van der Waals surface area (Å²) < 4.78 is 4.46. The van der Waals surface area contributed by atoms with Gasteiger partial charge in [-0.05, 0) is 0 Å². The van der Waals surface area contributed by atoms with Crippen LogP contribution in [0.2, 0.25) is 0 Å². The van der Waals surface area contributed by atoms with Crippen molar-refractivity contribution in [1.29, 1.82) is 0 Å². The summed E-state index contributed by atoms with van der Waals surface area (Å²) in [6, 6.07) is 1.58. The normalized spacial score (nSPS) is 9.27. The maximum atomic E-state index is 10.8. The first-order valence-electron chi connectivity index (χ1n) is 3.09. The van der Waals surface area contributed by atoms with Crippen LogP contribution in [-0.4, -0.2) is 30.3 Å². The van der Waals surface area contributed by atoms with Crippen molar-refractivity contribution in [3.05, 3.63) is 11.8 Å². The molecule has 0 aliphatic rings. The first-order valence-corrected chi connectivity index (χ1v) is 3.09. The van der Waals surface area contributed by atoms with Crippen molar-refractivity contribution in [2.75, 3.05) is 19.5 Å². The number of nitrogens with zero attached hydrogens (tertiary/aromatic N) is 1. The molecule has 2 N–H and O–H groups in total. The van der Waals surface area contributed by atoms with Crippen LogP contribution in [0.15, 0.2) is 6.07 Å². The number of hydrogen-bond acceptors (Lipinski definition) is 4. The zero-order valence-corrected chi connectivity index (χ0v) is 6.34. The molecule has 1 aromatic heterocycles. The molecule has 60 valence electrons. The Hall–Kier alpha value is -1.52. The van der Waals surface area contributed by atoms with Gasteiger partial charge in [-0.1, -0.05) is 0 Å². The summed E-state index contributed by atoms with van der Waals surface area (Å²) in [4.78, 5) is 10.8. The number of anilines is 1. The molecule has 5 nitrogen and oxygen atoms in total. The zero-order chi connectivity index (χ0) is 8.27. The van der Waals surface area contributed by atoms with Gasteiger partial charge in [0, 0.05) is 13.1 Å². The molecule has 1 aromatic rings. The fourth-order valence-corrected chi connectivity index (χ4v) is 0.664. The molecule has 0 spiro atoms. The van der Waals surface area contributed by atoms with E-state index in [9.17, 15) is 4.79 Å². The highest BCUT2D eigenvalue weighted by Gasteiger charge is 2.07. The van der Waals surface area contributed by atoms with Gasteiger partial charge < -0.3 is 10.1 Å². The van der Waals surface area contributed by atoms with Crippen molar-refractivity contribution < 1.29 is 9.53 Å². The maximum absolute atomic E-state index is 10.8. The van der Waals surface area contributed by atoms with Gasteiger partial charge in [0.05, 0.1) is 7.11 Å². The molecule has 0 bridgehead atoms. The second kappa shape index (κ2) is 3.05. The summed E-state index contributed by atoms with van der Waals surface area (Å²) in [6.07, 6.45) is 0. The predicted molar refractivity (Wildman–Crippen MR) is 39.5 cm³/mol. The van der Waals surface area contributed by atoms with Crippen molar-refractivity contribution >= 4 is 11.8 Å². The van der Waals surface area contributed by atoms with Crippen LogP contribution in [0.25, 0.3) is 0 Å². The number of nitrogens with one attached hydrogen (secondary N) is 2. The number of esters is 1. The van der Waals surface area contributed by atoms with Gasteiger partial charge >= 0.3 is 5.97 Å². The van der Waals surface area contributed by atoms with E-state index in [1.165, 1.54) is 7.11 Å². The van der Waals surface area contributed by atoms with Gasteiger partial charge in [0.2, 0.25) is 0 Å². The second-order valence-electron chi connectivity index (χ2n) is 1.91. The fourth-order valence-electron chi connectivity index (χ4n) is 0.664. The minimum Gasteiger partial charge on any atom is -0.464 e. The molecule has 0 saturated heterocycles. The molecule has 1 rings (SSSR count). The molecule has 0 radical (unpaired) electrons. The van der Waals surface area contributed by atoms with Crippen LogP contribution in [-0.2, 0) is 4.74 Å². The van der Waals surface area contributed by atoms with Gasteiger partial charge in [-0.15, -0.1) is 0 Å². The average Bonchev–Trinajstić information content (AvgIpc) is 2.50. The zero-order valence-electron chi connectivity index (χ0n) is 6.34. The topological polar surface area (TPSA) is 67.0 Å². The fraction of sp³-hybridized carbons (Fsp3) is 0.333. The molecule has 0 unspecified atom stereocenters. The number of carbonyl (C=O) groups is 1. The summed E-state index contributed by atoms with van der Waals surface area (Å²) in [6.45, 7) is 0. The number of H-pyrrole nitrogens is 1. The molecular formula is C6H9N3O2. The quantitative estimate of drug-likeness (QED) is 0.600. The van der Waals surface area contributed by atoms with E-state index in [2.05, 4.69) is 20.3 Å². The lowest BCUT2D eigenvalue weighted by atomic mass is 10.4. The monoisotopic (exact) mass is 155 g/mol. The average molecular weight is 155 g/mol. The number of hydrogen-bond donors (Lipinski definition) is 2. The third-order valence-electron chi connectivity index (χ3n) is 1.24. The molecular weight excluding hydrogens is 146 g/mol. The Kier molecular flexibility index (Phi) is 2.10. The van der Waals surface area contributed by atoms with Crippen molar-refractivity contribution in [3.63, 3.8) is 0 Å². The lowest BCUT2D eigenvalue weighted by molar-refractivity contribution is 0.0594. The van der Waals surface area contributed by atoms with Gasteiger partial charge in [0.1, 0.15) is 11.5 Å². The van der Waals surface area contributed by atoms with Crippen LogP contribution in [0.3, 0.4) is 0 Å². The highest BCUT2D eigenvalue weighted by atomic mass is 16.5. The Morgan fingerprint density at radius 2 is 2.55 bits per heavy atom. The third kappa shape index (κ3) is 1.49. The van der Waals surface area contributed by atoms with Crippen molar-refractivity contribution in [1.82, 2.24) is 10.2 Å². The lowest BCUT2D eigenvalue weighted by Gasteiger charge is -1.90. The third-order valence-corrected chi connectivity index (χ3v) is 1.24. The molecule has 0 amide bonds. The predicted octanol–water partition coefficient (Wildman–Crippen LogP) is 0.238. The Labute approximate surface area is 63.7 Å². The number of aromatic amines is 1. The van der Waals surface area contributed by atoms with Crippen molar-refractivity contribution in [3.8, 4) is 0 Å². The lowest BCUT2D eigenvalue weighted by Crippen LogP contribution is -2.00. The minimum atomic E-state index is -0.418. The van der Waals surface area contributed by atoms with E-state index in [1.54, 1.807) is 13.1 Å². The van der Waals surface area contributed by atoms with Gasteiger partial charge in [-0.25, -0.2) is 4.79 Å². The summed E-state index contributed by atoms with van der Waals surface area (Å²) in [5, 5.41) is 9.06. The van der Waals surface area contributed by atoms with E-state index in [0.717, 1.165) is 0 Å². The smallest absolute Gasteiger partial charge is 0.356 e. The van der Waals surface area contributed by atoms with E-state index in [1.807, 2.05) is 0 Å². The van der Waals surface area contributed by atoms with Crippen LogP contribution in [0.5, 0.6) is 0 Å². The first-order chi connectivity index (χ1) is 5.27. The standard InChI is InChI=1S/C6H9N3O2/c1-7-5-3-4(8-9-5)6(10)11-2/h3H,1-2H3,(H2,7,8,9). The molecule has 0 fully saturated rings. The molecule has 0 aliphatic carbocycles. The summed E-state index contributed by atoms with van der Waals surface area (Å²) in [7, 11) is 3.04. The summed E-state index contributed by atoms with van der Waals surface area (Å²) >= 11 is 0. The molecule has 0 atom stereocenters. The Morgan fingerprint density at radius 1 is 1.82 bits per heavy atom. The molecule has 0 saturated carbocycles. The SMILES string of the molecule is CNc1cc(C(=O)OC)[nH]n1. The molecule has 5 heteroatoms. The Bertz CT molecular complexity index is 256. The Morgan fingerprint density at radius 3 is 3.00 bits per heavy atom. The van der Waals surface area contributed by atoms with Gasteiger partial charge in [0.15, 0.2) is 0 Å². The van der Waals surface area contributed by atoms with Gasteiger partial charge in [-0.2, -0.15) is 5.10 Å². The van der Waals surface area contributed by atoms with Crippen molar-refractivity contribution in [2.24, 2.45) is 0 Å². The van der Waals surface area contributed by atoms with Gasteiger partial charge in [0.25, 0.3) is 0 Å². The van der Waals surface area contributed by atoms with E-state index in [-0.39, 0.29) is 0 Å². The number of rotatable bonds is 2. The number of methoxy groups -OCH3 is 1. The maximum Gasteiger partial charge on any atom is 0.356 e. The first kappa shape index (κ1) is 7.59. The molecule has 0 aliphatic heterocycles. The van der Waals surface area contributed by atoms with E-state index in [0.29, 0.717) is 11.5 Å². The number of aromatic nitrogens is 2. The van der Waals surface area contributed by atoms with Crippen LogP contribution in [0.1, 0.15) is 10.5 Å². The minimum absolute atomic E-state index is 0.344. The van der Waals surface area contributed by atoms with E-state index < -0.39 is 5.97 Å². The number of carbonyl (C=O) groups excluding carboxylic acids is 1. The summed E-state index contributed by atoms with van der Waals surface area (Å²) in [5.74, 6) is 0.199. The summed E-state index contributed by atoms with van der Waals surface area (Å²) in [5.41, 5.74) is 0.344. The Balaban J connectivity index is 2.80. The molecule has 11 heavy (non-hydrogen) atoms. The van der Waals surface area contributed by atoms with E-state index >= 15 is 0 Å². The largest absolute Gasteiger partial charge is 0.464 e. The second-order valence-corrected chi connectivity index (χ2v) is 1.91. The van der Waals surface area contributed by atoms with E-state index in [4.69, 9.17) is 0 Å². The van der Waals surface area contributed by atoms with Crippen LogP contribution >= 0.6 is 0 Å². The van der Waals surface area contributed by atoms with Crippen LogP contribution < -0.4 is 5.32 Å². The van der Waals surface area contributed by atoms with Crippen LogP contribution in [0.4, 0.5) is 5.82 Å². The number of ether oxygens (including phenoxy) is 1. The highest BCUT2D eigenvalue weighted by molar-refractivity contribution is 5.87. The molecule has 1 heterocycles. The van der Waals surface area contributed by atoms with Gasteiger partial charge in [-0.3, -0.25) is 5.10 Å². The highest BCUT2D eigenvalue weighted by Crippen LogP contribution is 2.04. The van der Waals surface area contributed by atoms with Crippen molar-refractivity contribution in [2.45, 2.75) is 0 Å².